The zero-order chi connectivity index (χ0) is 23.3. The summed E-state index contributed by atoms with van der Waals surface area (Å²) >= 11 is 0. The van der Waals surface area contributed by atoms with E-state index in [0.29, 0.717) is 38.4 Å². The number of alkyl halides is 3. The normalized spacial score (nSPS) is 15.0. The van der Waals surface area contributed by atoms with Gasteiger partial charge in [-0.1, -0.05) is 6.07 Å². The number of nitrogens with one attached hydrogen (secondary N) is 1. The first-order chi connectivity index (χ1) is 15.1. The monoisotopic (exact) mass is 449 g/mol. The molecule has 0 aliphatic carbocycles. The van der Waals surface area contributed by atoms with E-state index in [0.717, 1.165) is 17.7 Å². The molecular formula is C23H26F3N3O3. The minimum atomic E-state index is -4.44. The van der Waals surface area contributed by atoms with Crippen LogP contribution in [0.4, 0.5) is 13.2 Å². The zero-order valence-electron chi connectivity index (χ0n) is 18.0. The molecule has 1 saturated heterocycles. The number of pyridine rings is 1. The van der Waals surface area contributed by atoms with E-state index in [2.05, 4.69) is 10.3 Å². The number of amides is 2. The van der Waals surface area contributed by atoms with Gasteiger partial charge in [0.25, 0.3) is 5.91 Å². The highest BCUT2D eigenvalue weighted by atomic mass is 19.4. The molecule has 1 aliphatic rings. The van der Waals surface area contributed by atoms with E-state index in [9.17, 15) is 22.8 Å². The van der Waals surface area contributed by atoms with Gasteiger partial charge >= 0.3 is 6.18 Å². The van der Waals surface area contributed by atoms with Crippen molar-refractivity contribution < 1.29 is 27.5 Å². The topological polar surface area (TPSA) is 71.5 Å². The molecule has 9 heteroatoms. The van der Waals surface area contributed by atoms with Gasteiger partial charge in [0, 0.05) is 43.4 Å². The standard InChI is InChI=1S/C23H26F3N3O3/c1-15(2)32-20-8-3-16(13-27-20)14-28-21(30)17-9-11-29(12-10-17)22(31)18-4-6-19(7-5-18)23(24,25)26/h3-8,13,15,17H,9-12,14H2,1-2H3,(H,28,30). The fourth-order valence-electron chi connectivity index (χ4n) is 3.49. The van der Waals surface area contributed by atoms with Gasteiger partial charge in [-0.2, -0.15) is 13.2 Å². The Hall–Kier alpha value is -3.10. The molecule has 172 valence electrons. The third-order valence-corrected chi connectivity index (χ3v) is 5.23. The van der Waals surface area contributed by atoms with Crippen LogP contribution in [-0.4, -0.2) is 40.9 Å². The lowest BCUT2D eigenvalue weighted by Crippen LogP contribution is -2.42. The zero-order valence-corrected chi connectivity index (χ0v) is 18.0. The highest BCUT2D eigenvalue weighted by molar-refractivity contribution is 5.94. The van der Waals surface area contributed by atoms with Crippen molar-refractivity contribution in [2.45, 2.75) is 45.5 Å². The Morgan fingerprint density at radius 3 is 2.31 bits per heavy atom. The number of likely N-dealkylation sites (tertiary alicyclic amines) is 1. The molecule has 6 nitrogen and oxygen atoms in total. The Morgan fingerprint density at radius 2 is 1.78 bits per heavy atom. The second-order valence-corrected chi connectivity index (χ2v) is 8.03. The van der Waals surface area contributed by atoms with E-state index in [4.69, 9.17) is 4.74 Å². The molecule has 1 aromatic carbocycles. The number of aromatic nitrogens is 1. The Bertz CT molecular complexity index is 920. The second kappa shape index (κ2) is 10.0. The van der Waals surface area contributed by atoms with Crippen LogP contribution in [0.15, 0.2) is 42.6 Å². The lowest BCUT2D eigenvalue weighted by atomic mass is 9.95. The van der Waals surface area contributed by atoms with Gasteiger partial charge in [0.2, 0.25) is 11.8 Å². The predicted octanol–water partition coefficient (Wildman–Crippen LogP) is 4.06. The van der Waals surface area contributed by atoms with Crippen molar-refractivity contribution in [3.05, 3.63) is 59.3 Å². The maximum Gasteiger partial charge on any atom is 0.416 e. The van der Waals surface area contributed by atoms with Crippen LogP contribution in [0.2, 0.25) is 0 Å². The van der Waals surface area contributed by atoms with Crippen molar-refractivity contribution in [3.63, 3.8) is 0 Å². The number of halogens is 3. The molecule has 3 rings (SSSR count). The number of rotatable bonds is 6. The van der Waals surface area contributed by atoms with Gasteiger partial charge in [-0.15, -0.1) is 0 Å². The highest BCUT2D eigenvalue weighted by Gasteiger charge is 2.31. The Balaban J connectivity index is 1.46. The first-order valence-corrected chi connectivity index (χ1v) is 10.5. The van der Waals surface area contributed by atoms with Crippen LogP contribution in [0, 0.1) is 5.92 Å². The number of nitrogens with zero attached hydrogens (tertiary/aromatic N) is 2. The lowest BCUT2D eigenvalue weighted by molar-refractivity contribution is -0.137. The van der Waals surface area contributed by atoms with Crippen molar-refractivity contribution in [1.29, 1.82) is 0 Å². The van der Waals surface area contributed by atoms with Gasteiger partial charge in [0.15, 0.2) is 0 Å². The van der Waals surface area contributed by atoms with Gasteiger partial charge in [-0.05, 0) is 56.5 Å². The van der Waals surface area contributed by atoms with Crippen LogP contribution in [0.25, 0.3) is 0 Å². The number of benzene rings is 1. The van der Waals surface area contributed by atoms with Crippen LogP contribution in [0.3, 0.4) is 0 Å². The summed E-state index contributed by atoms with van der Waals surface area (Å²) in [7, 11) is 0. The molecule has 1 fully saturated rings. The smallest absolute Gasteiger partial charge is 0.416 e. The highest BCUT2D eigenvalue weighted by Crippen LogP contribution is 2.29. The van der Waals surface area contributed by atoms with Crippen LogP contribution in [0.5, 0.6) is 5.88 Å². The SMILES string of the molecule is CC(C)Oc1ccc(CNC(=O)C2CCN(C(=O)c3ccc(C(F)(F)F)cc3)CC2)cn1. The number of hydrogen-bond donors (Lipinski definition) is 1. The molecule has 1 aliphatic heterocycles. The first kappa shape index (κ1) is 23.6. The predicted molar refractivity (Wildman–Crippen MR) is 112 cm³/mol. The van der Waals surface area contributed by atoms with Gasteiger partial charge in [-0.25, -0.2) is 4.98 Å². The van der Waals surface area contributed by atoms with Crippen molar-refractivity contribution in [1.82, 2.24) is 15.2 Å². The maximum atomic E-state index is 12.7. The molecule has 2 heterocycles. The minimum Gasteiger partial charge on any atom is -0.475 e. The molecule has 1 aromatic heterocycles. The number of carbonyl (C=O) groups excluding carboxylic acids is 2. The van der Waals surface area contributed by atoms with Crippen LogP contribution in [-0.2, 0) is 17.5 Å². The summed E-state index contributed by atoms with van der Waals surface area (Å²) < 4.78 is 43.5. The van der Waals surface area contributed by atoms with Crippen molar-refractivity contribution >= 4 is 11.8 Å². The van der Waals surface area contributed by atoms with Crippen LogP contribution < -0.4 is 10.1 Å². The molecule has 32 heavy (non-hydrogen) atoms. The summed E-state index contributed by atoms with van der Waals surface area (Å²) in [4.78, 5) is 30.8. The second-order valence-electron chi connectivity index (χ2n) is 8.03. The fourth-order valence-corrected chi connectivity index (χ4v) is 3.49. The molecule has 0 saturated carbocycles. The van der Waals surface area contributed by atoms with Gasteiger partial charge in [0.1, 0.15) is 0 Å². The van der Waals surface area contributed by atoms with Crippen LogP contribution in [0.1, 0.15) is 48.2 Å². The van der Waals surface area contributed by atoms with Gasteiger partial charge in [-0.3, -0.25) is 9.59 Å². The molecule has 0 radical (unpaired) electrons. The van der Waals surface area contributed by atoms with Gasteiger partial charge < -0.3 is 15.0 Å². The average molecular weight is 449 g/mol. The number of ether oxygens (including phenoxy) is 1. The Kier molecular flexibility index (Phi) is 7.37. The molecule has 1 N–H and O–H groups in total. The first-order valence-electron chi connectivity index (χ1n) is 10.5. The van der Waals surface area contributed by atoms with Crippen LogP contribution >= 0.6 is 0 Å². The van der Waals surface area contributed by atoms with E-state index in [-0.39, 0.29) is 29.4 Å². The number of carbonyl (C=O) groups is 2. The molecule has 0 bridgehead atoms. The fraction of sp³-hybridized carbons (Fsp3) is 0.435. The summed E-state index contributed by atoms with van der Waals surface area (Å²) in [6, 6.07) is 7.79. The summed E-state index contributed by atoms with van der Waals surface area (Å²) in [5, 5.41) is 2.90. The molecule has 2 aromatic rings. The third-order valence-electron chi connectivity index (χ3n) is 5.23. The maximum absolute atomic E-state index is 12.7. The molecule has 0 unspecified atom stereocenters. The Morgan fingerprint density at radius 1 is 1.12 bits per heavy atom. The summed E-state index contributed by atoms with van der Waals surface area (Å²) in [6.07, 6.45) is -1.75. The third kappa shape index (κ3) is 6.21. The Labute approximate surface area is 184 Å². The van der Waals surface area contributed by atoms with Crippen molar-refractivity contribution in [2.75, 3.05) is 13.1 Å². The molecular weight excluding hydrogens is 423 g/mol. The number of piperidine rings is 1. The molecule has 0 spiro atoms. The van der Waals surface area contributed by atoms with E-state index in [1.54, 1.807) is 17.2 Å². The largest absolute Gasteiger partial charge is 0.475 e. The lowest BCUT2D eigenvalue weighted by Gasteiger charge is -2.31. The summed E-state index contributed by atoms with van der Waals surface area (Å²) in [5.41, 5.74) is 0.268. The van der Waals surface area contributed by atoms with E-state index in [1.165, 1.54) is 12.1 Å². The van der Waals surface area contributed by atoms with Gasteiger partial charge in [0.05, 0.1) is 11.7 Å². The molecule has 0 atom stereocenters. The minimum absolute atomic E-state index is 0.0325. The average Bonchev–Trinajstić information content (AvgIpc) is 2.77. The number of hydrogen-bond acceptors (Lipinski definition) is 4. The van der Waals surface area contributed by atoms with Crippen molar-refractivity contribution in [3.8, 4) is 5.88 Å². The summed E-state index contributed by atoms with van der Waals surface area (Å²) in [6.45, 7) is 4.93. The van der Waals surface area contributed by atoms with E-state index < -0.39 is 11.7 Å². The molecule has 2 amide bonds. The van der Waals surface area contributed by atoms with E-state index in [1.807, 2.05) is 19.9 Å². The quantitative estimate of drug-likeness (QED) is 0.722. The summed E-state index contributed by atoms with van der Waals surface area (Å²) in [5.74, 6) is -0.107. The van der Waals surface area contributed by atoms with Crippen molar-refractivity contribution in [2.24, 2.45) is 5.92 Å². The van der Waals surface area contributed by atoms with E-state index >= 15 is 0 Å².